The summed E-state index contributed by atoms with van der Waals surface area (Å²) in [4.78, 5) is 10.6. The number of hydrogen-bond donors (Lipinski definition) is 2. The fourth-order valence-electron chi connectivity index (χ4n) is 4.58. The van der Waals surface area contributed by atoms with Gasteiger partial charge in [-0.3, -0.25) is 4.79 Å². The molecule has 2 rings (SSSR count). The molecule has 1 saturated heterocycles. The molecule has 6 atom stereocenters. The molecule has 7 heteroatoms. The van der Waals surface area contributed by atoms with Crippen molar-refractivity contribution in [3.05, 3.63) is 12.2 Å². The molecule has 0 radical (unpaired) electrons. The first-order chi connectivity index (χ1) is 13.2. The molecule has 1 aliphatic heterocycles. The van der Waals surface area contributed by atoms with Gasteiger partial charge in [0.2, 0.25) is 0 Å². The standard InChI is InChI=1S/C21H33F3O4/c1-2-3-7-17(21(22,23)24)18(25)11-9-14-10-12-19-16(14)13-15(28-19)6-4-5-8-20(26)27/h9,11,14-19,25H,2-8,10,12-13H2,1H3,(H,26,27)/b11-9+/t14-,15-,16+,17+,18+,19-/m0/s1. The number of aliphatic carboxylic acids is 1. The Hall–Kier alpha value is -1.08. The highest BCUT2D eigenvalue weighted by atomic mass is 19.4. The number of rotatable bonds is 11. The highest BCUT2D eigenvalue weighted by molar-refractivity contribution is 5.66. The molecule has 0 spiro atoms. The number of carbonyl (C=O) groups is 1. The van der Waals surface area contributed by atoms with E-state index in [0.29, 0.717) is 19.3 Å². The van der Waals surface area contributed by atoms with E-state index in [1.807, 2.05) is 6.92 Å². The molecule has 0 unspecified atom stereocenters. The van der Waals surface area contributed by atoms with Gasteiger partial charge in [-0.1, -0.05) is 38.3 Å². The van der Waals surface area contributed by atoms with Crippen molar-refractivity contribution in [1.82, 2.24) is 0 Å². The van der Waals surface area contributed by atoms with E-state index in [9.17, 15) is 23.1 Å². The van der Waals surface area contributed by atoms with E-state index in [2.05, 4.69) is 0 Å². The minimum Gasteiger partial charge on any atom is -0.481 e. The highest BCUT2D eigenvalue weighted by Crippen LogP contribution is 2.45. The van der Waals surface area contributed by atoms with Crippen molar-refractivity contribution in [1.29, 1.82) is 0 Å². The number of fused-ring (bicyclic) bond motifs is 1. The molecule has 1 heterocycles. The number of carboxylic acid groups (broad SMARTS) is 1. The third-order valence-electron chi connectivity index (χ3n) is 6.14. The van der Waals surface area contributed by atoms with E-state index in [4.69, 9.17) is 9.84 Å². The molecule has 0 amide bonds. The number of hydrogen-bond acceptors (Lipinski definition) is 3. The first-order valence-electron chi connectivity index (χ1n) is 10.5. The fourth-order valence-corrected chi connectivity index (χ4v) is 4.58. The Morgan fingerprint density at radius 2 is 2.00 bits per heavy atom. The molecule has 1 aliphatic carbocycles. The van der Waals surface area contributed by atoms with Crippen molar-refractivity contribution in [2.75, 3.05) is 0 Å². The van der Waals surface area contributed by atoms with Gasteiger partial charge in [0.25, 0.3) is 0 Å². The Kier molecular flexibility index (Phi) is 8.81. The summed E-state index contributed by atoms with van der Waals surface area (Å²) in [6.07, 6.45) is 3.59. The van der Waals surface area contributed by atoms with Gasteiger partial charge in [-0.15, -0.1) is 0 Å². The Morgan fingerprint density at radius 3 is 2.64 bits per heavy atom. The van der Waals surface area contributed by atoms with E-state index < -0.39 is 24.2 Å². The van der Waals surface area contributed by atoms with Crippen LogP contribution in [0, 0.1) is 17.8 Å². The van der Waals surface area contributed by atoms with Crippen LogP contribution in [0.25, 0.3) is 0 Å². The van der Waals surface area contributed by atoms with Crippen LogP contribution in [-0.2, 0) is 9.53 Å². The van der Waals surface area contributed by atoms with E-state index in [1.54, 1.807) is 6.08 Å². The van der Waals surface area contributed by atoms with Gasteiger partial charge in [0.05, 0.1) is 24.2 Å². The Labute approximate surface area is 165 Å². The van der Waals surface area contributed by atoms with Crippen molar-refractivity contribution in [3.63, 3.8) is 0 Å². The number of aliphatic hydroxyl groups excluding tert-OH is 1. The van der Waals surface area contributed by atoms with Gasteiger partial charge in [0.15, 0.2) is 0 Å². The van der Waals surface area contributed by atoms with Gasteiger partial charge < -0.3 is 14.9 Å². The third-order valence-corrected chi connectivity index (χ3v) is 6.14. The zero-order valence-corrected chi connectivity index (χ0v) is 16.5. The monoisotopic (exact) mass is 406 g/mol. The minimum absolute atomic E-state index is 0.0518. The maximum atomic E-state index is 13.2. The molecule has 162 valence electrons. The number of halogens is 3. The summed E-state index contributed by atoms with van der Waals surface area (Å²) in [5, 5.41) is 18.8. The number of alkyl halides is 3. The lowest BCUT2D eigenvalue weighted by Gasteiger charge is -2.24. The van der Waals surface area contributed by atoms with Gasteiger partial charge in [0.1, 0.15) is 0 Å². The van der Waals surface area contributed by atoms with Gasteiger partial charge in [-0.05, 0) is 50.4 Å². The second-order valence-electron chi connectivity index (χ2n) is 8.24. The van der Waals surface area contributed by atoms with Gasteiger partial charge in [-0.25, -0.2) is 0 Å². The summed E-state index contributed by atoms with van der Waals surface area (Å²) < 4.78 is 45.7. The smallest absolute Gasteiger partial charge is 0.394 e. The molecule has 0 aromatic heterocycles. The normalized spacial score (nSPS) is 29.9. The number of carboxylic acids is 1. The summed E-state index contributed by atoms with van der Waals surface area (Å²) in [5.41, 5.74) is 0. The van der Waals surface area contributed by atoms with Crippen LogP contribution in [0.3, 0.4) is 0 Å². The average molecular weight is 406 g/mol. The first kappa shape index (κ1) is 23.2. The number of unbranched alkanes of at least 4 members (excludes halogenated alkanes) is 2. The second kappa shape index (κ2) is 10.6. The SMILES string of the molecule is CCCC[C@H]([C@H](O)/C=C/[C@H]1CC[C@@H]2O[C@@H](CCCCC(=O)O)C[C@@H]21)C(F)(F)F. The summed E-state index contributed by atoms with van der Waals surface area (Å²) in [5.74, 6) is -2.07. The number of aliphatic hydroxyl groups is 1. The van der Waals surface area contributed by atoms with E-state index in [0.717, 1.165) is 32.1 Å². The maximum Gasteiger partial charge on any atom is 0.394 e. The molecule has 2 aliphatic rings. The largest absolute Gasteiger partial charge is 0.481 e. The minimum atomic E-state index is -4.39. The summed E-state index contributed by atoms with van der Waals surface area (Å²) in [7, 11) is 0. The summed E-state index contributed by atoms with van der Waals surface area (Å²) >= 11 is 0. The molecule has 2 N–H and O–H groups in total. The lowest BCUT2D eigenvalue weighted by Crippen LogP contribution is -2.33. The van der Waals surface area contributed by atoms with E-state index in [1.165, 1.54) is 6.08 Å². The highest BCUT2D eigenvalue weighted by Gasteiger charge is 2.45. The van der Waals surface area contributed by atoms with Crippen molar-refractivity contribution in [3.8, 4) is 0 Å². The predicted octanol–water partition coefficient (Wildman–Crippen LogP) is 5.10. The molecule has 2 fully saturated rings. The molecule has 1 saturated carbocycles. The van der Waals surface area contributed by atoms with Crippen LogP contribution < -0.4 is 0 Å². The molecular weight excluding hydrogens is 373 g/mol. The Bertz CT molecular complexity index is 520. The third kappa shape index (κ3) is 6.76. The molecular formula is C21H33F3O4. The molecule has 0 bridgehead atoms. The first-order valence-corrected chi connectivity index (χ1v) is 10.5. The van der Waals surface area contributed by atoms with Crippen molar-refractivity contribution in [2.24, 2.45) is 17.8 Å². The van der Waals surface area contributed by atoms with Gasteiger partial charge in [0, 0.05) is 6.42 Å². The number of allylic oxidation sites excluding steroid dienone is 1. The van der Waals surface area contributed by atoms with Crippen molar-refractivity contribution >= 4 is 5.97 Å². The Morgan fingerprint density at radius 1 is 1.25 bits per heavy atom. The lowest BCUT2D eigenvalue weighted by molar-refractivity contribution is -0.195. The molecule has 28 heavy (non-hydrogen) atoms. The van der Waals surface area contributed by atoms with Gasteiger partial charge >= 0.3 is 12.1 Å². The van der Waals surface area contributed by atoms with E-state index in [-0.39, 0.29) is 36.9 Å². The quantitative estimate of drug-likeness (QED) is 0.370. The fraction of sp³-hybridized carbons (Fsp3) is 0.857. The molecule has 0 aromatic carbocycles. The zero-order chi connectivity index (χ0) is 20.7. The van der Waals surface area contributed by atoms with Crippen LogP contribution in [0.4, 0.5) is 13.2 Å². The predicted molar refractivity (Wildman–Crippen MR) is 99.8 cm³/mol. The molecule has 0 aromatic rings. The van der Waals surface area contributed by atoms with Crippen LogP contribution >= 0.6 is 0 Å². The summed E-state index contributed by atoms with van der Waals surface area (Å²) in [6, 6.07) is 0. The van der Waals surface area contributed by atoms with Crippen molar-refractivity contribution < 1.29 is 32.9 Å². The molecule has 4 nitrogen and oxygen atoms in total. The van der Waals surface area contributed by atoms with Crippen LogP contribution in [0.2, 0.25) is 0 Å². The number of ether oxygens (including phenoxy) is 1. The topological polar surface area (TPSA) is 66.8 Å². The zero-order valence-electron chi connectivity index (χ0n) is 16.5. The lowest BCUT2D eigenvalue weighted by atomic mass is 9.88. The van der Waals surface area contributed by atoms with E-state index >= 15 is 0 Å². The van der Waals surface area contributed by atoms with Gasteiger partial charge in [-0.2, -0.15) is 13.2 Å². The van der Waals surface area contributed by atoms with Crippen LogP contribution in [0.1, 0.15) is 71.1 Å². The maximum absolute atomic E-state index is 13.2. The van der Waals surface area contributed by atoms with Crippen LogP contribution in [0.15, 0.2) is 12.2 Å². The van der Waals surface area contributed by atoms with Crippen LogP contribution in [-0.4, -0.2) is 40.7 Å². The average Bonchev–Trinajstić information content (AvgIpc) is 3.16. The Balaban J connectivity index is 1.84. The van der Waals surface area contributed by atoms with Crippen LogP contribution in [0.5, 0.6) is 0 Å². The summed E-state index contributed by atoms with van der Waals surface area (Å²) in [6.45, 7) is 1.84. The van der Waals surface area contributed by atoms with Crippen molar-refractivity contribution in [2.45, 2.75) is 95.6 Å². The second-order valence-corrected chi connectivity index (χ2v) is 8.24.